The zero-order chi connectivity index (χ0) is 24.2. The first-order valence-corrected chi connectivity index (χ1v) is 11.8. The van der Waals surface area contributed by atoms with E-state index in [4.69, 9.17) is 9.47 Å². The smallest absolute Gasteiger partial charge is 0.253 e. The first kappa shape index (κ1) is 23.8. The van der Waals surface area contributed by atoms with Crippen LogP contribution in [0.25, 0.3) is 0 Å². The van der Waals surface area contributed by atoms with Crippen molar-refractivity contribution in [2.24, 2.45) is 7.05 Å². The predicted molar refractivity (Wildman–Crippen MR) is 132 cm³/mol. The lowest BCUT2D eigenvalue weighted by Gasteiger charge is -2.38. The highest BCUT2D eigenvalue weighted by Crippen LogP contribution is 2.41. The number of aromatic nitrogens is 2. The van der Waals surface area contributed by atoms with Crippen LogP contribution in [-0.4, -0.2) is 59.1 Å². The number of ether oxygens (including phenoxy) is 2. The van der Waals surface area contributed by atoms with Crippen LogP contribution < -0.4 is 9.47 Å². The van der Waals surface area contributed by atoms with Crippen LogP contribution in [-0.2, 0) is 20.0 Å². The Morgan fingerprint density at radius 2 is 1.76 bits per heavy atom. The molecule has 0 bridgehead atoms. The summed E-state index contributed by atoms with van der Waals surface area (Å²) in [5, 5.41) is 0. The van der Waals surface area contributed by atoms with E-state index in [1.807, 2.05) is 48.8 Å². The Morgan fingerprint density at radius 3 is 2.35 bits per heavy atom. The summed E-state index contributed by atoms with van der Waals surface area (Å²) in [6, 6.07) is 12.3. The van der Waals surface area contributed by atoms with Crippen molar-refractivity contribution in [3.05, 3.63) is 76.9 Å². The highest BCUT2D eigenvalue weighted by atomic mass is 16.5. The second-order valence-corrected chi connectivity index (χ2v) is 8.66. The summed E-state index contributed by atoms with van der Waals surface area (Å²) in [6.45, 7) is 7.04. The predicted octanol–water partition coefficient (Wildman–Crippen LogP) is 4.07. The summed E-state index contributed by atoms with van der Waals surface area (Å²) >= 11 is 0. The molecule has 2 heterocycles. The van der Waals surface area contributed by atoms with Crippen LogP contribution in [0.5, 0.6) is 11.5 Å². The minimum absolute atomic E-state index is 0.0168. The third kappa shape index (κ3) is 4.66. The van der Waals surface area contributed by atoms with Gasteiger partial charge >= 0.3 is 0 Å². The molecule has 1 amide bonds. The fourth-order valence-electron chi connectivity index (χ4n) is 4.82. The van der Waals surface area contributed by atoms with Crippen LogP contribution in [0, 0.1) is 0 Å². The highest BCUT2D eigenvalue weighted by Gasteiger charge is 2.31. The molecular weight excluding hydrogens is 428 g/mol. The molecule has 3 aromatic rings. The van der Waals surface area contributed by atoms with Crippen molar-refractivity contribution in [2.45, 2.75) is 32.9 Å². The van der Waals surface area contributed by atoms with Crippen LogP contribution in [0.1, 0.15) is 52.6 Å². The molecule has 4 rings (SSSR count). The number of hydrogen-bond acceptors (Lipinski definition) is 5. The molecule has 0 radical (unpaired) electrons. The van der Waals surface area contributed by atoms with Crippen LogP contribution in [0.2, 0.25) is 0 Å². The number of benzene rings is 2. The Hall–Kier alpha value is -3.32. The fraction of sp³-hybridized carbons (Fsp3) is 0.407. The molecule has 0 N–H and O–H groups in total. The number of rotatable bonds is 8. The molecule has 1 aromatic heterocycles. The monoisotopic (exact) mass is 462 g/mol. The average molecular weight is 463 g/mol. The Bertz CT molecular complexity index is 1140. The third-order valence-electron chi connectivity index (χ3n) is 6.62. The topological polar surface area (TPSA) is 59.8 Å². The molecule has 1 unspecified atom stereocenters. The third-order valence-corrected chi connectivity index (χ3v) is 6.62. The lowest BCUT2D eigenvalue weighted by Crippen LogP contribution is -2.36. The molecule has 2 aromatic carbocycles. The van der Waals surface area contributed by atoms with Gasteiger partial charge in [-0.25, -0.2) is 4.98 Å². The molecule has 0 saturated heterocycles. The second kappa shape index (κ2) is 10.3. The second-order valence-electron chi connectivity index (χ2n) is 8.66. The Kier molecular flexibility index (Phi) is 7.22. The normalized spacial score (nSPS) is 15.6. The highest BCUT2D eigenvalue weighted by molar-refractivity contribution is 5.94. The summed E-state index contributed by atoms with van der Waals surface area (Å²) in [7, 11) is 5.33. The van der Waals surface area contributed by atoms with E-state index in [9.17, 15) is 4.79 Å². The largest absolute Gasteiger partial charge is 0.493 e. The molecule has 34 heavy (non-hydrogen) atoms. The van der Waals surface area contributed by atoms with Crippen LogP contribution in [0.15, 0.2) is 48.9 Å². The molecule has 0 saturated carbocycles. The molecule has 1 aliphatic rings. The van der Waals surface area contributed by atoms with E-state index < -0.39 is 0 Å². The van der Waals surface area contributed by atoms with E-state index in [0.29, 0.717) is 18.7 Å². The quantitative estimate of drug-likeness (QED) is 0.505. The number of amides is 1. The van der Waals surface area contributed by atoms with Gasteiger partial charge in [-0.2, -0.15) is 0 Å². The number of methoxy groups -OCH3 is 2. The molecule has 7 nitrogen and oxygen atoms in total. The number of carbonyl (C=O) groups excluding carboxylic acids is 1. The summed E-state index contributed by atoms with van der Waals surface area (Å²) in [5.41, 5.74) is 5.34. The van der Waals surface area contributed by atoms with Gasteiger partial charge in [-0.05, 0) is 61.2 Å². The minimum Gasteiger partial charge on any atom is -0.493 e. The molecular formula is C27H34N4O3. The van der Waals surface area contributed by atoms with E-state index in [2.05, 4.69) is 40.3 Å². The van der Waals surface area contributed by atoms with Crippen molar-refractivity contribution < 1.29 is 14.3 Å². The Labute approximate surface area is 201 Å². The Morgan fingerprint density at radius 1 is 1.09 bits per heavy atom. The van der Waals surface area contributed by atoms with Gasteiger partial charge in [0.05, 0.1) is 32.3 Å². The summed E-state index contributed by atoms with van der Waals surface area (Å²) < 4.78 is 13.2. The standard InChI is InChI=1S/C27H34N4O3/c1-6-30(7-2)27(32)20-10-8-19(9-11-20)26-23-15-25(34-5)24(33-4)14-21(23)12-13-31(26)17-22-16-29(3)18-28-22/h8-11,14-16,18,26H,6-7,12-13,17H2,1-5H3. The number of nitrogens with zero attached hydrogens (tertiary/aromatic N) is 4. The van der Waals surface area contributed by atoms with Crippen molar-refractivity contribution in [3.63, 3.8) is 0 Å². The van der Waals surface area contributed by atoms with Gasteiger partial charge in [0.1, 0.15) is 0 Å². The van der Waals surface area contributed by atoms with Crippen molar-refractivity contribution >= 4 is 5.91 Å². The number of fused-ring (bicyclic) bond motifs is 1. The first-order valence-electron chi connectivity index (χ1n) is 11.8. The van der Waals surface area contributed by atoms with Gasteiger partial charge in [-0.15, -0.1) is 0 Å². The molecule has 180 valence electrons. The van der Waals surface area contributed by atoms with Crippen LogP contribution in [0.3, 0.4) is 0 Å². The average Bonchev–Trinajstić information content (AvgIpc) is 3.28. The minimum atomic E-state index is 0.0168. The maximum atomic E-state index is 12.8. The zero-order valence-corrected chi connectivity index (χ0v) is 20.7. The number of hydrogen-bond donors (Lipinski definition) is 0. The number of carbonyl (C=O) groups is 1. The summed E-state index contributed by atoms with van der Waals surface area (Å²) in [4.78, 5) is 21.7. The van der Waals surface area contributed by atoms with E-state index in [0.717, 1.165) is 42.3 Å². The SMILES string of the molecule is CCN(CC)C(=O)c1ccc(C2c3cc(OC)c(OC)cc3CCN2Cc2cn(C)cn2)cc1. The van der Waals surface area contributed by atoms with Gasteiger partial charge in [-0.1, -0.05) is 12.1 Å². The van der Waals surface area contributed by atoms with Gasteiger partial charge in [0, 0.05) is 45.0 Å². The van der Waals surface area contributed by atoms with Gasteiger partial charge in [0.15, 0.2) is 11.5 Å². The molecule has 0 aliphatic carbocycles. The fourth-order valence-corrected chi connectivity index (χ4v) is 4.82. The molecule has 0 spiro atoms. The van der Waals surface area contributed by atoms with Crippen molar-refractivity contribution in [1.82, 2.24) is 19.4 Å². The van der Waals surface area contributed by atoms with Crippen molar-refractivity contribution in [3.8, 4) is 11.5 Å². The molecule has 1 aliphatic heterocycles. The maximum Gasteiger partial charge on any atom is 0.253 e. The van der Waals surface area contributed by atoms with Crippen molar-refractivity contribution in [1.29, 1.82) is 0 Å². The number of imidazole rings is 1. The van der Waals surface area contributed by atoms with Crippen molar-refractivity contribution in [2.75, 3.05) is 33.9 Å². The summed E-state index contributed by atoms with van der Waals surface area (Å²) in [5.74, 6) is 1.54. The summed E-state index contributed by atoms with van der Waals surface area (Å²) in [6.07, 6.45) is 4.81. The lowest BCUT2D eigenvalue weighted by molar-refractivity contribution is 0.0773. The molecule has 7 heteroatoms. The van der Waals surface area contributed by atoms with Crippen LogP contribution in [0.4, 0.5) is 0 Å². The molecule has 0 fully saturated rings. The Balaban J connectivity index is 1.74. The van der Waals surface area contributed by atoms with Gasteiger partial charge in [-0.3, -0.25) is 9.69 Å². The van der Waals surface area contributed by atoms with E-state index in [-0.39, 0.29) is 11.9 Å². The van der Waals surface area contributed by atoms with E-state index >= 15 is 0 Å². The van der Waals surface area contributed by atoms with Gasteiger partial charge < -0.3 is 18.9 Å². The van der Waals surface area contributed by atoms with E-state index in [1.54, 1.807) is 14.2 Å². The lowest BCUT2D eigenvalue weighted by atomic mass is 9.87. The zero-order valence-electron chi connectivity index (χ0n) is 20.7. The van der Waals surface area contributed by atoms with Gasteiger partial charge in [0.25, 0.3) is 5.91 Å². The van der Waals surface area contributed by atoms with Crippen LogP contribution >= 0.6 is 0 Å². The van der Waals surface area contributed by atoms with Gasteiger partial charge in [0.2, 0.25) is 0 Å². The maximum absolute atomic E-state index is 12.8. The molecule has 1 atom stereocenters. The first-order chi connectivity index (χ1) is 16.5. The van der Waals surface area contributed by atoms with E-state index in [1.165, 1.54) is 11.1 Å². The number of aryl methyl sites for hydroxylation is 1.